The minimum atomic E-state index is 0.747. The molecule has 3 heteroatoms. The van der Waals surface area contributed by atoms with Crippen LogP contribution in [0.4, 0.5) is 0 Å². The van der Waals surface area contributed by atoms with Crippen molar-refractivity contribution >= 4 is 11.3 Å². The molecule has 1 fully saturated rings. The third-order valence-electron chi connectivity index (χ3n) is 3.47. The Morgan fingerprint density at radius 1 is 1.50 bits per heavy atom. The van der Waals surface area contributed by atoms with Crippen LogP contribution in [0.1, 0.15) is 38.0 Å². The van der Waals surface area contributed by atoms with Crippen molar-refractivity contribution in [2.45, 2.75) is 45.7 Å². The number of hydrogen-bond donors (Lipinski definition) is 1. The lowest BCUT2D eigenvalue weighted by Gasteiger charge is -2.25. The molecule has 1 aromatic rings. The first-order chi connectivity index (χ1) is 8.79. The largest absolute Gasteiger partial charge is 0.316 e. The van der Waals surface area contributed by atoms with Crippen LogP contribution in [0.5, 0.6) is 0 Å². The van der Waals surface area contributed by atoms with Crippen LogP contribution in [0.25, 0.3) is 0 Å². The van der Waals surface area contributed by atoms with Crippen LogP contribution in [0.3, 0.4) is 0 Å². The predicted octanol–water partition coefficient (Wildman–Crippen LogP) is 3.35. The predicted molar refractivity (Wildman–Crippen MR) is 80.1 cm³/mol. The molecule has 1 aromatic heterocycles. The Balaban J connectivity index is 1.75. The SMILES string of the molecule is CCCNCC(C)CN(Cc1cccs1)C1CC1. The van der Waals surface area contributed by atoms with Crippen molar-refractivity contribution in [2.75, 3.05) is 19.6 Å². The van der Waals surface area contributed by atoms with Gasteiger partial charge in [-0.15, -0.1) is 11.3 Å². The molecule has 2 nitrogen and oxygen atoms in total. The fourth-order valence-corrected chi connectivity index (χ4v) is 3.10. The molecular weight excluding hydrogens is 240 g/mol. The van der Waals surface area contributed by atoms with E-state index < -0.39 is 0 Å². The average molecular weight is 266 g/mol. The molecule has 102 valence electrons. The number of nitrogens with zero attached hydrogens (tertiary/aromatic N) is 1. The van der Waals surface area contributed by atoms with E-state index in [1.54, 1.807) is 0 Å². The van der Waals surface area contributed by atoms with Crippen LogP contribution >= 0.6 is 11.3 Å². The molecule has 0 aliphatic heterocycles. The second-order valence-corrected chi connectivity index (χ2v) is 6.58. The zero-order chi connectivity index (χ0) is 12.8. The Labute approximate surface area is 115 Å². The molecule has 1 heterocycles. The van der Waals surface area contributed by atoms with E-state index in [1.807, 2.05) is 11.3 Å². The van der Waals surface area contributed by atoms with Gasteiger partial charge in [0.1, 0.15) is 0 Å². The first-order valence-electron chi connectivity index (χ1n) is 7.26. The van der Waals surface area contributed by atoms with Crippen molar-refractivity contribution in [1.82, 2.24) is 10.2 Å². The van der Waals surface area contributed by atoms with Crippen molar-refractivity contribution in [1.29, 1.82) is 0 Å². The van der Waals surface area contributed by atoms with Crippen LogP contribution in [-0.2, 0) is 6.54 Å². The second-order valence-electron chi connectivity index (χ2n) is 5.55. The maximum Gasteiger partial charge on any atom is 0.0330 e. The third kappa shape index (κ3) is 4.71. The smallest absolute Gasteiger partial charge is 0.0330 e. The molecule has 1 aliphatic carbocycles. The minimum Gasteiger partial charge on any atom is -0.316 e. The summed E-state index contributed by atoms with van der Waals surface area (Å²) in [6, 6.07) is 5.29. The quantitative estimate of drug-likeness (QED) is 0.690. The number of nitrogens with one attached hydrogen (secondary N) is 1. The van der Waals surface area contributed by atoms with E-state index in [-0.39, 0.29) is 0 Å². The van der Waals surface area contributed by atoms with E-state index in [9.17, 15) is 0 Å². The zero-order valence-electron chi connectivity index (χ0n) is 11.7. The van der Waals surface area contributed by atoms with Gasteiger partial charge >= 0.3 is 0 Å². The molecular formula is C15H26N2S. The second kappa shape index (κ2) is 7.27. The average Bonchev–Trinajstić information content (AvgIpc) is 3.08. The molecule has 18 heavy (non-hydrogen) atoms. The highest BCUT2D eigenvalue weighted by molar-refractivity contribution is 7.09. The molecule has 0 aromatic carbocycles. The van der Waals surface area contributed by atoms with E-state index in [4.69, 9.17) is 0 Å². The highest BCUT2D eigenvalue weighted by atomic mass is 32.1. The van der Waals surface area contributed by atoms with E-state index in [1.165, 1.54) is 30.7 Å². The highest BCUT2D eigenvalue weighted by Crippen LogP contribution is 2.29. The van der Waals surface area contributed by atoms with Crippen LogP contribution in [-0.4, -0.2) is 30.6 Å². The van der Waals surface area contributed by atoms with Crippen LogP contribution in [0.15, 0.2) is 17.5 Å². The monoisotopic (exact) mass is 266 g/mol. The summed E-state index contributed by atoms with van der Waals surface area (Å²) in [4.78, 5) is 4.19. The van der Waals surface area contributed by atoms with Gasteiger partial charge in [-0.25, -0.2) is 0 Å². The van der Waals surface area contributed by atoms with Gasteiger partial charge in [-0.1, -0.05) is 19.9 Å². The van der Waals surface area contributed by atoms with E-state index in [0.29, 0.717) is 0 Å². The van der Waals surface area contributed by atoms with Gasteiger partial charge in [0, 0.05) is 24.0 Å². The first kappa shape index (κ1) is 14.0. The number of rotatable bonds is 9. The standard InChI is InChI=1S/C15H26N2S/c1-3-8-16-10-13(2)11-17(14-6-7-14)12-15-5-4-9-18-15/h4-5,9,13-14,16H,3,6-8,10-12H2,1-2H3. The Kier molecular flexibility index (Phi) is 5.67. The van der Waals surface area contributed by atoms with Gasteiger partial charge in [0.25, 0.3) is 0 Å². The van der Waals surface area contributed by atoms with Crippen molar-refractivity contribution < 1.29 is 0 Å². The summed E-state index contributed by atoms with van der Waals surface area (Å²) < 4.78 is 0. The summed E-state index contributed by atoms with van der Waals surface area (Å²) in [6.45, 7) is 9.29. The maximum absolute atomic E-state index is 3.53. The van der Waals surface area contributed by atoms with Crippen molar-refractivity contribution in [3.8, 4) is 0 Å². The molecule has 0 amide bonds. The Bertz CT molecular complexity index is 319. The highest BCUT2D eigenvalue weighted by Gasteiger charge is 2.29. The van der Waals surface area contributed by atoms with E-state index >= 15 is 0 Å². The summed E-state index contributed by atoms with van der Waals surface area (Å²) in [5, 5.41) is 5.72. The topological polar surface area (TPSA) is 15.3 Å². The lowest BCUT2D eigenvalue weighted by Crippen LogP contribution is -2.34. The fourth-order valence-electron chi connectivity index (χ4n) is 2.38. The molecule has 0 spiro atoms. The third-order valence-corrected chi connectivity index (χ3v) is 4.33. The normalized spacial score (nSPS) is 17.3. The summed E-state index contributed by atoms with van der Waals surface area (Å²) in [5.74, 6) is 0.747. The van der Waals surface area contributed by atoms with Crippen LogP contribution in [0, 0.1) is 5.92 Å². The lowest BCUT2D eigenvalue weighted by molar-refractivity contribution is 0.219. The van der Waals surface area contributed by atoms with Gasteiger partial charge in [-0.05, 0) is 49.7 Å². The van der Waals surface area contributed by atoms with Crippen molar-refractivity contribution in [2.24, 2.45) is 5.92 Å². The Hall–Kier alpha value is -0.380. The lowest BCUT2D eigenvalue weighted by atomic mass is 10.1. The first-order valence-corrected chi connectivity index (χ1v) is 8.14. The molecule has 1 unspecified atom stereocenters. The number of hydrogen-bond acceptors (Lipinski definition) is 3. The van der Waals surface area contributed by atoms with Crippen LogP contribution in [0.2, 0.25) is 0 Å². The Morgan fingerprint density at radius 3 is 2.94 bits per heavy atom. The summed E-state index contributed by atoms with van der Waals surface area (Å²) >= 11 is 1.89. The van der Waals surface area contributed by atoms with E-state index in [2.05, 4.69) is 41.6 Å². The number of thiophene rings is 1. The fraction of sp³-hybridized carbons (Fsp3) is 0.733. The van der Waals surface area contributed by atoms with E-state index in [0.717, 1.165) is 31.6 Å². The van der Waals surface area contributed by atoms with Gasteiger partial charge in [-0.2, -0.15) is 0 Å². The van der Waals surface area contributed by atoms with Crippen LogP contribution < -0.4 is 5.32 Å². The molecule has 0 radical (unpaired) electrons. The molecule has 1 N–H and O–H groups in total. The van der Waals surface area contributed by atoms with Gasteiger partial charge < -0.3 is 5.32 Å². The molecule has 1 aliphatic rings. The van der Waals surface area contributed by atoms with Gasteiger partial charge in [0.15, 0.2) is 0 Å². The maximum atomic E-state index is 3.53. The molecule has 2 rings (SSSR count). The van der Waals surface area contributed by atoms with Crippen molar-refractivity contribution in [3.63, 3.8) is 0 Å². The summed E-state index contributed by atoms with van der Waals surface area (Å²) in [7, 11) is 0. The molecule has 1 saturated carbocycles. The minimum absolute atomic E-state index is 0.747. The van der Waals surface area contributed by atoms with Gasteiger partial charge in [0.2, 0.25) is 0 Å². The molecule has 0 bridgehead atoms. The summed E-state index contributed by atoms with van der Waals surface area (Å²) in [5.41, 5.74) is 0. The van der Waals surface area contributed by atoms with Gasteiger partial charge in [0.05, 0.1) is 0 Å². The Morgan fingerprint density at radius 2 is 2.33 bits per heavy atom. The molecule has 0 saturated heterocycles. The summed E-state index contributed by atoms with van der Waals surface area (Å²) in [6.07, 6.45) is 4.04. The zero-order valence-corrected chi connectivity index (χ0v) is 12.5. The molecule has 1 atom stereocenters. The van der Waals surface area contributed by atoms with Crippen molar-refractivity contribution in [3.05, 3.63) is 22.4 Å². The van der Waals surface area contributed by atoms with Gasteiger partial charge in [-0.3, -0.25) is 4.90 Å².